The van der Waals surface area contributed by atoms with Crippen LogP contribution in [0.3, 0.4) is 0 Å². The SMILES string of the molecule is CC(C)(C)c1cc(C(=O)Nc2ccc(C(=O)O)c([N+](=O)[O-])c2)cc(C(C)(C)C)n1. The van der Waals surface area contributed by atoms with Gasteiger partial charge in [-0.15, -0.1) is 0 Å². The van der Waals surface area contributed by atoms with E-state index in [1.807, 2.05) is 41.5 Å². The molecule has 0 aliphatic rings. The molecule has 1 heterocycles. The van der Waals surface area contributed by atoms with Crippen molar-refractivity contribution >= 4 is 23.3 Å². The molecule has 1 aromatic heterocycles. The Morgan fingerprint density at radius 1 is 1.00 bits per heavy atom. The van der Waals surface area contributed by atoms with Crippen molar-refractivity contribution in [2.45, 2.75) is 52.4 Å². The Labute approximate surface area is 169 Å². The van der Waals surface area contributed by atoms with Gasteiger partial charge in [0.2, 0.25) is 0 Å². The van der Waals surface area contributed by atoms with Gasteiger partial charge in [-0.3, -0.25) is 19.9 Å². The average Bonchev–Trinajstić information content (AvgIpc) is 2.59. The number of pyridine rings is 1. The van der Waals surface area contributed by atoms with Crippen molar-refractivity contribution in [3.8, 4) is 0 Å². The lowest BCUT2D eigenvalue weighted by molar-refractivity contribution is -0.385. The zero-order valence-electron chi connectivity index (χ0n) is 17.4. The van der Waals surface area contributed by atoms with Crippen molar-refractivity contribution in [2.24, 2.45) is 0 Å². The van der Waals surface area contributed by atoms with Crippen molar-refractivity contribution in [2.75, 3.05) is 5.32 Å². The normalized spacial score (nSPS) is 11.8. The highest BCUT2D eigenvalue weighted by atomic mass is 16.6. The molecule has 0 saturated heterocycles. The number of anilines is 1. The molecule has 0 radical (unpaired) electrons. The van der Waals surface area contributed by atoms with Gasteiger partial charge in [0, 0.05) is 39.5 Å². The van der Waals surface area contributed by atoms with E-state index in [4.69, 9.17) is 10.1 Å². The smallest absolute Gasteiger partial charge is 0.342 e. The van der Waals surface area contributed by atoms with Crippen LogP contribution >= 0.6 is 0 Å². The summed E-state index contributed by atoms with van der Waals surface area (Å²) in [6.45, 7) is 12.0. The number of carbonyl (C=O) groups is 2. The Balaban J connectivity index is 2.47. The zero-order chi connectivity index (χ0) is 22.1. The van der Waals surface area contributed by atoms with E-state index in [2.05, 4.69) is 5.32 Å². The van der Waals surface area contributed by atoms with E-state index < -0.39 is 28.1 Å². The largest absolute Gasteiger partial charge is 0.477 e. The molecule has 0 saturated carbocycles. The highest BCUT2D eigenvalue weighted by Crippen LogP contribution is 2.28. The van der Waals surface area contributed by atoms with Gasteiger partial charge < -0.3 is 10.4 Å². The fourth-order valence-corrected chi connectivity index (χ4v) is 2.57. The maximum atomic E-state index is 12.8. The van der Waals surface area contributed by atoms with Crippen LogP contribution in [0.1, 0.15) is 73.6 Å². The lowest BCUT2D eigenvalue weighted by Crippen LogP contribution is -2.23. The summed E-state index contributed by atoms with van der Waals surface area (Å²) in [6, 6.07) is 6.86. The molecule has 1 amide bonds. The summed E-state index contributed by atoms with van der Waals surface area (Å²) in [6.07, 6.45) is 0. The molecule has 2 aromatic rings. The number of nitrogens with zero attached hydrogens (tertiary/aromatic N) is 2. The number of nitro benzene ring substituents is 1. The summed E-state index contributed by atoms with van der Waals surface area (Å²) < 4.78 is 0. The summed E-state index contributed by atoms with van der Waals surface area (Å²) in [4.78, 5) is 39.1. The molecule has 8 heteroatoms. The maximum Gasteiger partial charge on any atom is 0.342 e. The molecule has 29 heavy (non-hydrogen) atoms. The van der Waals surface area contributed by atoms with Crippen LogP contribution in [0.25, 0.3) is 0 Å². The van der Waals surface area contributed by atoms with Crippen LogP contribution in [0.4, 0.5) is 11.4 Å². The molecule has 2 N–H and O–H groups in total. The van der Waals surface area contributed by atoms with Crippen LogP contribution in [0.5, 0.6) is 0 Å². The number of amides is 1. The number of rotatable bonds is 4. The third kappa shape index (κ3) is 5.16. The molecule has 2 rings (SSSR count). The molecule has 1 aromatic carbocycles. The number of benzene rings is 1. The standard InChI is InChI=1S/C21H25N3O5/c1-20(2,3)16-9-12(10-17(23-16)21(4,5)6)18(25)22-13-7-8-14(19(26)27)15(11-13)24(28)29/h7-11H,1-6H3,(H,22,25)(H,26,27). The summed E-state index contributed by atoms with van der Waals surface area (Å²) >= 11 is 0. The summed E-state index contributed by atoms with van der Waals surface area (Å²) in [5, 5.41) is 22.9. The first-order chi connectivity index (χ1) is 13.2. The molecule has 0 unspecified atom stereocenters. The molecule has 0 aliphatic carbocycles. The number of hydrogen-bond donors (Lipinski definition) is 2. The van der Waals surface area contributed by atoms with Gasteiger partial charge in [0.1, 0.15) is 5.56 Å². The van der Waals surface area contributed by atoms with Crippen LogP contribution in [-0.2, 0) is 10.8 Å². The second-order valence-electron chi connectivity index (χ2n) is 8.87. The lowest BCUT2D eigenvalue weighted by atomic mass is 9.86. The predicted molar refractivity (Wildman–Crippen MR) is 110 cm³/mol. The Kier molecular flexibility index (Phi) is 5.78. The lowest BCUT2D eigenvalue weighted by Gasteiger charge is -2.24. The number of carboxylic acid groups (broad SMARTS) is 1. The number of aromatic nitrogens is 1. The van der Waals surface area contributed by atoms with Crippen molar-refractivity contribution in [1.82, 2.24) is 4.98 Å². The van der Waals surface area contributed by atoms with Crippen LogP contribution in [-0.4, -0.2) is 26.9 Å². The van der Waals surface area contributed by atoms with E-state index in [1.54, 1.807) is 12.1 Å². The van der Waals surface area contributed by atoms with E-state index in [9.17, 15) is 19.7 Å². The minimum Gasteiger partial charge on any atom is -0.477 e. The van der Waals surface area contributed by atoms with Crippen molar-refractivity contribution < 1.29 is 19.6 Å². The minimum absolute atomic E-state index is 0.137. The van der Waals surface area contributed by atoms with Gasteiger partial charge in [-0.2, -0.15) is 0 Å². The molecule has 8 nitrogen and oxygen atoms in total. The monoisotopic (exact) mass is 399 g/mol. The topological polar surface area (TPSA) is 122 Å². The maximum absolute atomic E-state index is 12.8. The van der Waals surface area contributed by atoms with Crippen molar-refractivity contribution in [3.05, 3.63) is 63.0 Å². The first-order valence-electron chi connectivity index (χ1n) is 9.06. The molecule has 0 fully saturated rings. The molecule has 0 spiro atoms. The van der Waals surface area contributed by atoms with Crippen LogP contribution in [0.2, 0.25) is 0 Å². The predicted octanol–water partition coefficient (Wildman–Crippen LogP) is 4.54. The Morgan fingerprint density at radius 3 is 1.93 bits per heavy atom. The first-order valence-corrected chi connectivity index (χ1v) is 9.06. The quantitative estimate of drug-likeness (QED) is 0.575. The van der Waals surface area contributed by atoms with Crippen molar-refractivity contribution in [1.29, 1.82) is 0 Å². The number of hydrogen-bond acceptors (Lipinski definition) is 5. The van der Waals surface area contributed by atoms with Crippen LogP contribution in [0, 0.1) is 10.1 Å². The van der Waals surface area contributed by atoms with E-state index in [0.717, 1.165) is 23.5 Å². The molecular formula is C21H25N3O5. The first kappa shape index (κ1) is 22.0. The second-order valence-corrected chi connectivity index (χ2v) is 8.87. The fraction of sp³-hybridized carbons (Fsp3) is 0.381. The van der Waals surface area contributed by atoms with E-state index >= 15 is 0 Å². The van der Waals surface area contributed by atoms with Crippen LogP contribution < -0.4 is 5.32 Å². The van der Waals surface area contributed by atoms with Gasteiger partial charge in [-0.25, -0.2) is 4.79 Å². The number of aromatic carboxylic acids is 1. The van der Waals surface area contributed by atoms with Gasteiger partial charge >= 0.3 is 5.97 Å². The highest BCUT2D eigenvalue weighted by Gasteiger charge is 2.25. The van der Waals surface area contributed by atoms with Gasteiger partial charge in [0.05, 0.1) is 4.92 Å². The Bertz CT molecular complexity index is 953. The van der Waals surface area contributed by atoms with Gasteiger partial charge in [0.25, 0.3) is 11.6 Å². The van der Waals surface area contributed by atoms with E-state index in [1.165, 1.54) is 6.07 Å². The summed E-state index contributed by atoms with van der Waals surface area (Å²) in [5.74, 6) is -1.87. The number of nitrogens with one attached hydrogen (secondary N) is 1. The Morgan fingerprint density at radius 2 is 1.52 bits per heavy atom. The average molecular weight is 399 g/mol. The molecule has 0 aliphatic heterocycles. The minimum atomic E-state index is -1.41. The fourth-order valence-electron chi connectivity index (χ4n) is 2.57. The third-order valence-corrected chi connectivity index (χ3v) is 4.31. The number of nitro groups is 1. The Hall–Kier alpha value is -3.29. The molecule has 154 valence electrons. The molecule has 0 bridgehead atoms. The third-order valence-electron chi connectivity index (χ3n) is 4.31. The number of carbonyl (C=O) groups excluding carboxylic acids is 1. The molecular weight excluding hydrogens is 374 g/mol. The molecule has 0 atom stereocenters. The van der Waals surface area contributed by atoms with Gasteiger partial charge in [0.15, 0.2) is 0 Å². The van der Waals surface area contributed by atoms with E-state index in [-0.39, 0.29) is 16.5 Å². The summed E-state index contributed by atoms with van der Waals surface area (Å²) in [5.41, 5.74) is 0.427. The second kappa shape index (κ2) is 7.62. The number of carboxylic acids is 1. The van der Waals surface area contributed by atoms with Crippen LogP contribution in [0.15, 0.2) is 30.3 Å². The van der Waals surface area contributed by atoms with E-state index in [0.29, 0.717) is 5.56 Å². The van der Waals surface area contributed by atoms with Gasteiger partial charge in [-0.05, 0) is 24.3 Å². The highest BCUT2D eigenvalue weighted by molar-refractivity contribution is 6.05. The van der Waals surface area contributed by atoms with Gasteiger partial charge in [-0.1, -0.05) is 41.5 Å². The summed E-state index contributed by atoms with van der Waals surface area (Å²) in [7, 11) is 0. The zero-order valence-corrected chi connectivity index (χ0v) is 17.4. The van der Waals surface area contributed by atoms with Crippen molar-refractivity contribution in [3.63, 3.8) is 0 Å².